The first-order valence-corrected chi connectivity index (χ1v) is 6.85. The highest BCUT2D eigenvalue weighted by Crippen LogP contribution is 2.20. The van der Waals surface area contributed by atoms with E-state index in [4.69, 9.17) is 0 Å². The first-order chi connectivity index (χ1) is 8.37. The van der Waals surface area contributed by atoms with Crippen LogP contribution < -0.4 is 5.32 Å². The zero-order valence-electron chi connectivity index (χ0n) is 12.0. The molecule has 1 heterocycles. The van der Waals surface area contributed by atoms with Crippen LogP contribution in [0.15, 0.2) is 0 Å². The summed E-state index contributed by atoms with van der Waals surface area (Å²) in [4.78, 5) is 1.76. The van der Waals surface area contributed by atoms with E-state index in [0.29, 0.717) is 12.0 Å². The summed E-state index contributed by atoms with van der Waals surface area (Å²) >= 11 is 0. The first-order valence-electron chi connectivity index (χ1n) is 6.85. The van der Waals surface area contributed by atoms with Crippen LogP contribution in [-0.2, 0) is 0 Å². The lowest BCUT2D eigenvalue weighted by molar-refractivity contribution is -0.137. The molecule has 0 amide bonds. The molecule has 1 aliphatic heterocycles. The van der Waals surface area contributed by atoms with Gasteiger partial charge in [-0.25, -0.2) is 0 Å². The molecule has 0 aromatic carbocycles. The molecule has 1 saturated heterocycles. The molecule has 0 saturated carbocycles. The molecule has 1 N–H and O–H groups in total. The maximum Gasteiger partial charge on any atom is 0.390 e. The highest BCUT2D eigenvalue weighted by molar-refractivity contribution is 4.79. The van der Waals surface area contributed by atoms with Gasteiger partial charge in [-0.1, -0.05) is 20.8 Å². The van der Waals surface area contributed by atoms with Crippen LogP contribution in [0, 0.1) is 5.92 Å². The fourth-order valence-corrected chi connectivity index (χ4v) is 2.05. The van der Waals surface area contributed by atoms with Crippen LogP contribution in [-0.4, -0.2) is 43.8 Å². The van der Waals surface area contributed by atoms with Gasteiger partial charge in [0.15, 0.2) is 0 Å². The summed E-state index contributed by atoms with van der Waals surface area (Å²) in [6.07, 6.45) is -2.65. The quantitative estimate of drug-likeness (QED) is 0.823. The molecular formula is C13H27F3N2. The van der Waals surface area contributed by atoms with Gasteiger partial charge in [-0.3, -0.25) is 0 Å². The Morgan fingerprint density at radius 3 is 2.28 bits per heavy atom. The smallest absolute Gasteiger partial charge is 0.314 e. The van der Waals surface area contributed by atoms with E-state index in [2.05, 4.69) is 12.2 Å². The van der Waals surface area contributed by atoms with Crippen molar-refractivity contribution in [3.05, 3.63) is 0 Å². The Bertz CT molecular complexity index is 207. The molecule has 1 fully saturated rings. The predicted molar refractivity (Wildman–Crippen MR) is 69.7 cm³/mol. The van der Waals surface area contributed by atoms with Crippen molar-refractivity contribution in [3.8, 4) is 0 Å². The van der Waals surface area contributed by atoms with Crippen molar-refractivity contribution in [2.75, 3.05) is 26.7 Å². The average Bonchev–Trinajstić information content (AvgIpc) is 2.71. The maximum atomic E-state index is 12.0. The fourth-order valence-electron chi connectivity index (χ4n) is 2.05. The normalized spacial score (nSPS) is 24.0. The lowest BCUT2D eigenvalue weighted by atomic mass is 10.1. The first kappa shape index (κ1) is 17.7. The standard InChI is InChI=1S/C11H21F3N2.C2H6/c1-9-7-10(15-8-9)3-5-16(2)6-4-11(12,13)14;1-2/h9-10,15H,3-8H2,1-2H3;1-2H3. The van der Waals surface area contributed by atoms with Crippen molar-refractivity contribution in [3.63, 3.8) is 0 Å². The Balaban J connectivity index is 0.00000137. The third-order valence-electron chi connectivity index (χ3n) is 3.08. The Labute approximate surface area is 109 Å². The van der Waals surface area contributed by atoms with Crippen molar-refractivity contribution in [1.29, 1.82) is 0 Å². The third kappa shape index (κ3) is 8.75. The van der Waals surface area contributed by atoms with Crippen LogP contribution in [0.5, 0.6) is 0 Å². The zero-order valence-corrected chi connectivity index (χ0v) is 12.0. The van der Waals surface area contributed by atoms with Gasteiger partial charge in [0.2, 0.25) is 0 Å². The summed E-state index contributed by atoms with van der Waals surface area (Å²) in [5, 5.41) is 3.39. The predicted octanol–water partition coefficient (Wildman–Crippen LogP) is 3.28. The van der Waals surface area contributed by atoms with Crippen LogP contribution in [0.3, 0.4) is 0 Å². The van der Waals surface area contributed by atoms with Gasteiger partial charge >= 0.3 is 6.18 Å². The monoisotopic (exact) mass is 268 g/mol. The summed E-state index contributed by atoms with van der Waals surface area (Å²) in [6.45, 7) is 8.07. The molecular weight excluding hydrogens is 241 g/mol. The molecule has 0 radical (unpaired) electrons. The summed E-state index contributed by atoms with van der Waals surface area (Å²) in [5.41, 5.74) is 0. The Morgan fingerprint density at radius 1 is 1.22 bits per heavy atom. The molecule has 2 unspecified atom stereocenters. The number of nitrogens with zero attached hydrogens (tertiary/aromatic N) is 1. The van der Waals surface area contributed by atoms with Gasteiger partial charge in [0.1, 0.15) is 0 Å². The van der Waals surface area contributed by atoms with Gasteiger partial charge in [0, 0.05) is 12.6 Å². The van der Waals surface area contributed by atoms with Crippen LogP contribution in [0.2, 0.25) is 0 Å². The second-order valence-electron chi connectivity index (χ2n) is 4.90. The molecule has 0 aromatic rings. The topological polar surface area (TPSA) is 15.3 Å². The maximum absolute atomic E-state index is 12.0. The second kappa shape index (κ2) is 8.75. The van der Waals surface area contributed by atoms with Gasteiger partial charge < -0.3 is 10.2 Å². The highest BCUT2D eigenvalue weighted by atomic mass is 19.4. The van der Waals surface area contributed by atoms with Crippen LogP contribution in [0.4, 0.5) is 13.2 Å². The van der Waals surface area contributed by atoms with E-state index < -0.39 is 12.6 Å². The van der Waals surface area contributed by atoms with E-state index in [1.807, 2.05) is 13.8 Å². The lowest BCUT2D eigenvalue weighted by Crippen LogP contribution is -2.30. The van der Waals surface area contributed by atoms with Crippen molar-refractivity contribution < 1.29 is 13.2 Å². The minimum absolute atomic E-state index is 0.103. The van der Waals surface area contributed by atoms with E-state index in [1.165, 1.54) is 0 Å². The minimum atomic E-state index is -4.03. The van der Waals surface area contributed by atoms with E-state index in [9.17, 15) is 13.2 Å². The van der Waals surface area contributed by atoms with E-state index in [1.54, 1.807) is 11.9 Å². The SMILES string of the molecule is CC.CC1CNC(CCN(C)CCC(F)(F)F)C1. The molecule has 110 valence electrons. The van der Waals surface area contributed by atoms with E-state index in [-0.39, 0.29) is 6.54 Å². The summed E-state index contributed by atoms with van der Waals surface area (Å²) in [7, 11) is 1.75. The van der Waals surface area contributed by atoms with Gasteiger partial charge in [0.05, 0.1) is 6.42 Å². The minimum Gasteiger partial charge on any atom is -0.314 e. The van der Waals surface area contributed by atoms with Crippen LogP contribution >= 0.6 is 0 Å². The Morgan fingerprint density at radius 2 is 1.83 bits per heavy atom. The molecule has 2 atom stereocenters. The van der Waals surface area contributed by atoms with E-state index in [0.717, 1.165) is 25.9 Å². The molecule has 2 nitrogen and oxygen atoms in total. The molecule has 0 aliphatic carbocycles. The average molecular weight is 268 g/mol. The van der Waals surface area contributed by atoms with E-state index >= 15 is 0 Å². The molecule has 18 heavy (non-hydrogen) atoms. The lowest BCUT2D eigenvalue weighted by Gasteiger charge is -2.19. The van der Waals surface area contributed by atoms with Crippen molar-refractivity contribution in [1.82, 2.24) is 10.2 Å². The molecule has 0 bridgehead atoms. The van der Waals surface area contributed by atoms with Gasteiger partial charge in [-0.05, 0) is 38.9 Å². The summed E-state index contributed by atoms with van der Waals surface area (Å²) < 4.78 is 35.9. The van der Waals surface area contributed by atoms with Gasteiger partial charge in [-0.2, -0.15) is 13.2 Å². The number of nitrogens with one attached hydrogen (secondary N) is 1. The highest BCUT2D eigenvalue weighted by Gasteiger charge is 2.27. The van der Waals surface area contributed by atoms with Crippen molar-refractivity contribution in [2.24, 2.45) is 5.92 Å². The zero-order chi connectivity index (χ0) is 14.2. The van der Waals surface area contributed by atoms with Crippen LogP contribution in [0.25, 0.3) is 0 Å². The third-order valence-corrected chi connectivity index (χ3v) is 3.08. The molecule has 1 rings (SSSR count). The number of halogens is 3. The molecule has 0 spiro atoms. The number of alkyl halides is 3. The van der Waals surface area contributed by atoms with Crippen LogP contribution in [0.1, 0.15) is 40.0 Å². The number of hydrogen-bond acceptors (Lipinski definition) is 2. The van der Waals surface area contributed by atoms with Crippen molar-refractivity contribution >= 4 is 0 Å². The Kier molecular flexibility index (Phi) is 8.61. The largest absolute Gasteiger partial charge is 0.390 e. The fraction of sp³-hybridized carbons (Fsp3) is 1.00. The Hall–Kier alpha value is -0.290. The summed E-state index contributed by atoms with van der Waals surface area (Å²) in [6, 6.07) is 0.489. The number of rotatable bonds is 5. The van der Waals surface area contributed by atoms with Crippen molar-refractivity contribution in [2.45, 2.75) is 52.3 Å². The molecule has 0 aromatic heterocycles. The molecule has 5 heteroatoms. The second-order valence-corrected chi connectivity index (χ2v) is 4.90. The summed E-state index contributed by atoms with van der Waals surface area (Å²) in [5.74, 6) is 0.700. The van der Waals surface area contributed by atoms with Gasteiger partial charge in [0.25, 0.3) is 0 Å². The number of hydrogen-bond donors (Lipinski definition) is 1. The van der Waals surface area contributed by atoms with Gasteiger partial charge in [-0.15, -0.1) is 0 Å². The molecule has 1 aliphatic rings.